The monoisotopic (exact) mass is 240 g/mol. The van der Waals surface area contributed by atoms with Crippen molar-refractivity contribution >= 4 is 15.6 Å². The number of benzene rings is 1. The molecule has 1 aromatic carbocycles. The normalized spacial score (nSPS) is 18.7. The van der Waals surface area contributed by atoms with Crippen LogP contribution < -0.4 is 4.74 Å². The van der Waals surface area contributed by atoms with Gasteiger partial charge in [0.2, 0.25) is 0 Å². The Bertz CT molecular complexity index is 531. The molecule has 0 amide bonds. The van der Waals surface area contributed by atoms with Crippen molar-refractivity contribution in [3.8, 4) is 5.75 Å². The summed E-state index contributed by atoms with van der Waals surface area (Å²) in [5.74, 6) is 0.414. The van der Waals surface area contributed by atoms with Crippen LogP contribution in [-0.4, -0.2) is 27.1 Å². The summed E-state index contributed by atoms with van der Waals surface area (Å²) < 4.78 is 28.7. The highest BCUT2D eigenvalue weighted by Gasteiger charge is 2.26. The fraction of sp³-hybridized carbons (Fsp3) is 0.364. The van der Waals surface area contributed by atoms with E-state index in [1.165, 1.54) is 19.2 Å². The van der Waals surface area contributed by atoms with Crippen molar-refractivity contribution in [1.82, 2.24) is 0 Å². The summed E-state index contributed by atoms with van der Waals surface area (Å²) in [6, 6.07) is 4.52. The fourth-order valence-corrected chi connectivity index (χ4v) is 3.32. The van der Waals surface area contributed by atoms with Gasteiger partial charge in [-0.2, -0.15) is 0 Å². The van der Waals surface area contributed by atoms with Gasteiger partial charge in [0.1, 0.15) is 5.75 Å². The zero-order valence-electron chi connectivity index (χ0n) is 8.89. The van der Waals surface area contributed by atoms with Gasteiger partial charge in [0, 0.05) is 12.0 Å². The number of carbonyl (C=O) groups excluding carboxylic acids is 1. The average molecular weight is 240 g/mol. The Labute approximate surface area is 94.2 Å². The maximum absolute atomic E-state index is 11.8. The molecule has 0 fully saturated rings. The number of sulfone groups is 1. The topological polar surface area (TPSA) is 60.4 Å². The summed E-state index contributed by atoms with van der Waals surface area (Å²) in [4.78, 5) is 11.9. The predicted molar refractivity (Wildman–Crippen MR) is 58.6 cm³/mol. The molecule has 0 bridgehead atoms. The van der Waals surface area contributed by atoms with E-state index in [-0.39, 0.29) is 28.4 Å². The van der Waals surface area contributed by atoms with Crippen LogP contribution in [0.3, 0.4) is 0 Å². The smallest absolute Gasteiger partial charge is 0.179 e. The first kappa shape index (κ1) is 11.1. The summed E-state index contributed by atoms with van der Waals surface area (Å²) >= 11 is 0. The Kier molecular flexibility index (Phi) is 2.71. The molecule has 86 valence electrons. The van der Waals surface area contributed by atoms with Crippen molar-refractivity contribution in [2.45, 2.75) is 17.7 Å². The second-order valence-electron chi connectivity index (χ2n) is 3.71. The van der Waals surface area contributed by atoms with Crippen molar-refractivity contribution in [2.75, 3.05) is 12.9 Å². The molecular weight excluding hydrogens is 228 g/mol. The number of ether oxygens (including phenoxy) is 1. The number of fused-ring (bicyclic) bond motifs is 1. The molecule has 0 atom stereocenters. The van der Waals surface area contributed by atoms with Gasteiger partial charge < -0.3 is 4.74 Å². The van der Waals surface area contributed by atoms with Crippen LogP contribution in [0, 0.1) is 0 Å². The minimum Gasteiger partial charge on any atom is -0.497 e. The van der Waals surface area contributed by atoms with Gasteiger partial charge in [-0.3, -0.25) is 4.79 Å². The molecule has 5 heteroatoms. The molecule has 0 spiro atoms. The molecule has 1 heterocycles. The number of carbonyl (C=O) groups is 1. The highest BCUT2D eigenvalue weighted by Crippen LogP contribution is 2.27. The van der Waals surface area contributed by atoms with Crippen molar-refractivity contribution in [3.63, 3.8) is 0 Å². The van der Waals surface area contributed by atoms with Crippen LogP contribution in [-0.2, 0) is 9.84 Å². The summed E-state index contributed by atoms with van der Waals surface area (Å²) in [6.45, 7) is 0. The maximum atomic E-state index is 11.8. The number of ketones is 1. The van der Waals surface area contributed by atoms with Crippen molar-refractivity contribution in [3.05, 3.63) is 23.8 Å². The van der Waals surface area contributed by atoms with E-state index >= 15 is 0 Å². The molecule has 0 saturated heterocycles. The largest absolute Gasteiger partial charge is 0.497 e. The zero-order valence-corrected chi connectivity index (χ0v) is 9.71. The molecule has 0 radical (unpaired) electrons. The Morgan fingerprint density at radius 2 is 2.06 bits per heavy atom. The fourth-order valence-electron chi connectivity index (χ4n) is 1.79. The minimum absolute atomic E-state index is 0.0398. The molecule has 16 heavy (non-hydrogen) atoms. The van der Waals surface area contributed by atoms with Crippen LogP contribution in [0.2, 0.25) is 0 Å². The second-order valence-corrected chi connectivity index (χ2v) is 5.79. The summed E-state index contributed by atoms with van der Waals surface area (Å²) in [5, 5.41) is 0. The van der Waals surface area contributed by atoms with Crippen LogP contribution >= 0.6 is 0 Å². The first-order chi connectivity index (χ1) is 7.54. The molecule has 4 nitrogen and oxygen atoms in total. The van der Waals surface area contributed by atoms with Gasteiger partial charge in [0.05, 0.1) is 17.8 Å². The quantitative estimate of drug-likeness (QED) is 0.745. The lowest BCUT2D eigenvalue weighted by molar-refractivity contribution is 0.0980. The van der Waals surface area contributed by atoms with Gasteiger partial charge in [-0.15, -0.1) is 0 Å². The van der Waals surface area contributed by atoms with Gasteiger partial charge in [-0.05, 0) is 24.6 Å². The van der Waals surface area contributed by atoms with Gasteiger partial charge in [0.15, 0.2) is 15.6 Å². The Hall–Kier alpha value is -1.36. The lowest BCUT2D eigenvalue weighted by atomic mass is 10.1. The molecule has 1 aliphatic rings. The van der Waals surface area contributed by atoms with E-state index in [0.29, 0.717) is 12.2 Å². The molecule has 0 aliphatic carbocycles. The Morgan fingerprint density at radius 1 is 1.31 bits per heavy atom. The van der Waals surface area contributed by atoms with E-state index < -0.39 is 9.84 Å². The summed E-state index contributed by atoms with van der Waals surface area (Å²) in [6.07, 6.45) is 0.664. The first-order valence-corrected chi connectivity index (χ1v) is 6.64. The maximum Gasteiger partial charge on any atom is 0.179 e. The van der Waals surface area contributed by atoms with E-state index in [9.17, 15) is 13.2 Å². The summed E-state index contributed by atoms with van der Waals surface area (Å²) in [5.41, 5.74) is 0.261. The van der Waals surface area contributed by atoms with Gasteiger partial charge in [-0.25, -0.2) is 8.42 Å². The molecule has 0 saturated carbocycles. The lowest BCUT2D eigenvalue weighted by Gasteiger charge is -2.07. The predicted octanol–water partition coefficient (Wildman–Crippen LogP) is 1.45. The molecule has 1 aliphatic heterocycles. The highest BCUT2D eigenvalue weighted by molar-refractivity contribution is 7.91. The van der Waals surface area contributed by atoms with Crippen LogP contribution in [0.1, 0.15) is 23.2 Å². The number of hydrogen-bond acceptors (Lipinski definition) is 4. The molecular formula is C11H12O4S. The molecule has 0 N–H and O–H groups in total. The van der Waals surface area contributed by atoms with E-state index in [1.54, 1.807) is 6.07 Å². The zero-order chi connectivity index (χ0) is 11.8. The van der Waals surface area contributed by atoms with Crippen LogP contribution in [0.4, 0.5) is 0 Å². The van der Waals surface area contributed by atoms with E-state index in [0.717, 1.165) is 0 Å². The Morgan fingerprint density at radius 3 is 2.75 bits per heavy atom. The van der Waals surface area contributed by atoms with Crippen molar-refractivity contribution in [1.29, 1.82) is 0 Å². The third-order valence-electron chi connectivity index (χ3n) is 2.64. The second kappa shape index (κ2) is 3.90. The van der Waals surface area contributed by atoms with Crippen LogP contribution in [0.15, 0.2) is 23.1 Å². The van der Waals surface area contributed by atoms with Crippen molar-refractivity contribution < 1.29 is 17.9 Å². The number of rotatable bonds is 1. The number of Topliss-reactive ketones (excluding diaryl/α,β-unsaturated/α-hetero) is 1. The number of hydrogen-bond donors (Lipinski definition) is 0. The van der Waals surface area contributed by atoms with Gasteiger partial charge in [0.25, 0.3) is 0 Å². The standard InChI is InChI=1S/C11H12O4S/c1-15-8-4-5-11-9(7-8)10(12)3-2-6-16(11,13)14/h4-5,7H,2-3,6H2,1H3. The van der Waals surface area contributed by atoms with E-state index in [4.69, 9.17) is 4.74 Å². The van der Waals surface area contributed by atoms with Crippen LogP contribution in [0.25, 0.3) is 0 Å². The van der Waals surface area contributed by atoms with Crippen molar-refractivity contribution in [2.24, 2.45) is 0 Å². The highest BCUT2D eigenvalue weighted by atomic mass is 32.2. The molecule has 0 unspecified atom stereocenters. The average Bonchev–Trinajstić information content (AvgIpc) is 2.37. The number of methoxy groups -OCH3 is 1. The van der Waals surface area contributed by atoms with Crippen LogP contribution in [0.5, 0.6) is 5.75 Å². The Balaban J connectivity index is 2.67. The van der Waals surface area contributed by atoms with E-state index in [2.05, 4.69) is 0 Å². The summed E-state index contributed by atoms with van der Waals surface area (Å²) in [7, 11) is -1.83. The molecule has 2 rings (SSSR count). The molecule has 1 aromatic rings. The molecule has 0 aromatic heterocycles. The van der Waals surface area contributed by atoms with Gasteiger partial charge in [-0.1, -0.05) is 0 Å². The van der Waals surface area contributed by atoms with Gasteiger partial charge >= 0.3 is 0 Å². The first-order valence-electron chi connectivity index (χ1n) is 4.98. The third-order valence-corrected chi connectivity index (χ3v) is 4.49. The lowest BCUT2D eigenvalue weighted by Crippen LogP contribution is -2.07. The SMILES string of the molecule is COc1ccc2c(c1)C(=O)CCCS2(=O)=O. The van der Waals surface area contributed by atoms with E-state index in [1.807, 2.05) is 0 Å². The minimum atomic E-state index is -3.31. The third kappa shape index (κ3) is 1.82.